The summed E-state index contributed by atoms with van der Waals surface area (Å²) in [6, 6.07) is 11.6. The Hall–Kier alpha value is -1.10. The summed E-state index contributed by atoms with van der Waals surface area (Å²) in [7, 11) is 0. The van der Waals surface area contributed by atoms with Gasteiger partial charge in [0.15, 0.2) is 0 Å². The molecule has 1 unspecified atom stereocenters. The monoisotopic (exact) mass is 309 g/mol. The van der Waals surface area contributed by atoms with E-state index in [1.165, 1.54) is 0 Å². The van der Waals surface area contributed by atoms with Crippen molar-refractivity contribution in [1.82, 2.24) is 5.32 Å². The van der Waals surface area contributed by atoms with Crippen LogP contribution in [0.2, 0.25) is 0 Å². The Morgan fingerprint density at radius 1 is 1.33 bits per heavy atom. The smallest absolute Gasteiger partial charge is 0.117 e. The molecule has 0 amide bonds. The number of aryl methyl sites for hydroxylation is 1. The molecule has 0 aliphatic carbocycles. The molecule has 3 nitrogen and oxygen atoms in total. The van der Waals surface area contributed by atoms with E-state index in [2.05, 4.69) is 21.2 Å². The van der Waals surface area contributed by atoms with Gasteiger partial charge >= 0.3 is 0 Å². The lowest BCUT2D eigenvalue weighted by Crippen LogP contribution is -2.20. The first-order valence-electron chi connectivity index (χ1n) is 5.85. The number of rotatable bonds is 5. The fourth-order valence-electron chi connectivity index (χ4n) is 1.74. The van der Waals surface area contributed by atoms with Crippen molar-refractivity contribution in [2.45, 2.75) is 19.6 Å². The van der Waals surface area contributed by atoms with E-state index in [0.29, 0.717) is 13.1 Å². The molecule has 1 heterocycles. The number of hydrogen-bond donors (Lipinski definition) is 2. The molecule has 1 aromatic carbocycles. The van der Waals surface area contributed by atoms with E-state index in [4.69, 9.17) is 4.42 Å². The minimum absolute atomic E-state index is 0.496. The molecule has 0 spiro atoms. The number of nitrogens with one attached hydrogen (secondary N) is 1. The predicted octanol–water partition coefficient (Wildman–Crippen LogP) is 3.17. The largest absolute Gasteiger partial charge is 0.465 e. The molecule has 0 fully saturated rings. The van der Waals surface area contributed by atoms with Crippen molar-refractivity contribution in [3.63, 3.8) is 0 Å². The van der Waals surface area contributed by atoms with Crippen LogP contribution in [0.1, 0.15) is 23.2 Å². The Kier molecular flexibility index (Phi) is 4.58. The van der Waals surface area contributed by atoms with Crippen LogP contribution in [0.25, 0.3) is 0 Å². The van der Waals surface area contributed by atoms with Gasteiger partial charge in [0.1, 0.15) is 11.5 Å². The highest BCUT2D eigenvalue weighted by Gasteiger charge is 2.07. The fourth-order valence-corrected chi connectivity index (χ4v) is 2.16. The van der Waals surface area contributed by atoms with Crippen molar-refractivity contribution < 1.29 is 9.52 Å². The lowest BCUT2D eigenvalue weighted by molar-refractivity contribution is 0.173. The van der Waals surface area contributed by atoms with Gasteiger partial charge in [-0.1, -0.05) is 28.1 Å². The second-order valence-corrected chi connectivity index (χ2v) is 5.13. The molecule has 0 aliphatic heterocycles. The van der Waals surface area contributed by atoms with Gasteiger partial charge in [-0.15, -0.1) is 0 Å². The molecule has 1 atom stereocenters. The third-order valence-electron chi connectivity index (χ3n) is 2.67. The molecule has 2 N–H and O–H groups in total. The summed E-state index contributed by atoms with van der Waals surface area (Å²) in [5, 5.41) is 13.2. The van der Waals surface area contributed by atoms with E-state index in [-0.39, 0.29) is 0 Å². The normalized spacial score (nSPS) is 12.6. The van der Waals surface area contributed by atoms with E-state index in [0.717, 1.165) is 21.6 Å². The molecule has 0 bridgehead atoms. The van der Waals surface area contributed by atoms with Crippen molar-refractivity contribution in [2.24, 2.45) is 0 Å². The molecule has 0 saturated carbocycles. The van der Waals surface area contributed by atoms with Crippen LogP contribution in [0.3, 0.4) is 0 Å². The summed E-state index contributed by atoms with van der Waals surface area (Å²) >= 11 is 3.39. The number of hydrogen-bond acceptors (Lipinski definition) is 3. The highest BCUT2D eigenvalue weighted by atomic mass is 79.9. The average molecular weight is 310 g/mol. The van der Waals surface area contributed by atoms with Gasteiger partial charge in [0.25, 0.3) is 0 Å². The Bertz CT molecular complexity index is 510. The maximum atomic E-state index is 10.0. The number of halogens is 1. The first-order chi connectivity index (χ1) is 8.65. The number of aliphatic hydroxyl groups excluding tert-OH is 1. The molecule has 96 valence electrons. The summed E-state index contributed by atoms with van der Waals surface area (Å²) in [4.78, 5) is 0. The van der Waals surface area contributed by atoms with E-state index < -0.39 is 6.10 Å². The summed E-state index contributed by atoms with van der Waals surface area (Å²) in [5.41, 5.74) is 0.896. The Morgan fingerprint density at radius 2 is 2.17 bits per heavy atom. The molecule has 4 heteroatoms. The maximum absolute atomic E-state index is 10.0. The van der Waals surface area contributed by atoms with Gasteiger partial charge in [-0.3, -0.25) is 0 Å². The van der Waals surface area contributed by atoms with Crippen LogP contribution < -0.4 is 5.32 Å². The van der Waals surface area contributed by atoms with Crippen molar-refractivity contribution in [1.29, 1.82) is 0 Å². The topological polar surface area (TPSA) is 45.4 Å². The predicted molar refractivity (Wildman–Crippen MR) is 74.3 cm³/mol. The highest BCUT2D eigenvalue weighted by molar-refractivity contribution is 9.10. The summed E-state index contributed by atoms with van der Waals surface area (Å²) in [6.07, 6.45) is -0.515. The molecular formula is C14H16BrNO2. The van der Waals surface area contributed by atoms with E-state index in [9.17, 15) is 5.11 Å². The third kappa shape index (κ3) is 3.70. The second kappa shape index (κ2) is 6.18. The molecule has 1 aromatic heterocycles. The van der Waals surface area contributed by atoms with E-state index >= 15 is 0 Å². The Morgan fingerprint density at radius 3 is 2.83 bits per heavy atom. The zero-order chi connectivity index (χ0) is 13.0. The summed E-state index contributed by atoms with van der Waals surface area (Å²) in [5.74, 6) is 1.79. The molecule has 0 aliphatic rings. The summed E-state index contributed by atoms with van der Waals surface area (Å²) < 4.78 is 6.41. The Balaban J connectivity index is 1.83. The van der Waals surface area contributed by atoms with Crippen molar-refractivity contribution in [2.75, 3.05) is 6.54 Å². The third-order valence-corrected chi connectivity index (χ3v) is 3.16. The van der Waals surface area contributed by atoms with Crippen LogP contribution in [-0.2, 0) is 6.54 Å². The van der Waals surface area contributed by atoms with Crippen molar-refractivity contribution >= 4 is 15.9 Å². The summed E-state index contributed by atoms with van der Waals surface area (Å²) in [6.45, 7) is 3.04. The maximum Gasteiger partial charge on any atom is 0.117 e. The molecule has 2 aromatic rings. The van der Waals surface area contributed by atoms with E-state index in [1.807, 2.05) is 43.3 Å². The van der Waals surface area contributed by atoms with Gasteiger partial charge in [-0.2, -0.15) is 0 Å². The van der Waals surface area contributed by atoms with Gasteiger partial charge < -0.3 is 14.8 Å². The molecular weight excluding hydrogens is 294 g/mol. The zero-order valence-electron chi connectivity index (χ0n) is 10.2. The standard InChI is InChI=1S/C14H16BrNO2/c1-10-5-6-13(18-10)8-16-9-14(17)11-3-2-4-12(15)7-11/h2-7,14,16-17H,8-9H2,1H3. The fraction of sp³-hybridized carbons (Fsp3) is 0.286. The van der Waals surface area contributed by atoms with E-state index in [1.54, 1.807) is 0 Å². The van der Waals surface area contributed by atoms with Crippen LogP contribution in [0.4, 0.5) is 0 Å². The lowest BCUT2D eigenvalue weighted by atomic mass is 10.1. The van der Waals surface area contributed by atoms with Gasteiger partial charge in [0.2, 0.25) is 0 Å². The lowest BCUT2D eigenvalue weighted by Gasteiger charge is -2.11. The van der Waals surface area contributed by atoms with Crippen LogP contribution in [-0.4, -0.2) is 11.7 Å². The number of benzene rings is 1. The second-order valence-electron chi connectivity index (χ2n) is 4.21. The number of furan rings is 1. The van der Waals surface area contributed by atoms with Gasteiger partial charge in [-0.25, -0.2) is 0 Å². The molecule has 0 saturated heterocycles. The van der Waals surface area contributed by atoms with Gasteiger partial charge in [-0.05, 0) is 36.8 Å². The molecule has 0 radical (unpaired) electrons. The van der Waals surface area contributed by atoms with Gasteiger partial charge in [0, 0.05) is 11.0 Å². The number of aliphatic hydroxyl groups is 1. The minimum Gasteiger partial charge on any atom is -0.465 e. The van der Waals surface area contributed by atoms with Crippen LogP contribution in [0.15, 0.2) is 45.3 Å². The molecule has 2 rings (SSSR count). The first kappa shape index (κ1) is 13.3. The van der Waals surface area contributed by atoms with Crippen molar-refractivity contribution in [3.8, 4) is 0 Å². The quantitative estimate of drug-likeness (QED) is 0.891. The van der Waals surface area contributed by atoms with Gasteiger partial charge in [0.05, 0.1) is 12.6 Å². The van der Waals surface area contributed by atoms with Crippen molar-refractivity contribution in [3.05, 3.63) is 58.0 Å². The van der Waals surface area contributed by atoms with Crippen LogP contribution in [0.5, 0.6) is 0 Å². The highest BCUT2D eigenvalue weighted by Crippen LogP contribution is 2.17. The zero-order valence-corrected chi connectivity index (χ0v) is 11.8. The Labute approximate surface area is 115 Å². The van der Waals surface area contributed by atoms with Crippen LogP contribution >= 0.6 is 15.9 Å². The minimum atomic E-state index is -0.515. The average Bonchev–Trinajstić information content (AvgIpc) is 2.75. The molecule has 18 heavy (non-hydrogen) atoms. The van der Waals surface area contributed by atoms with Crippen LogP contribution in [0, 0.1) is 6.92 Å². The first-order valence-corrected chi connectivity index (χ1v) is 6.64. The SMILES string of the molecule is Cc1ccc(CNCC(O)c2cccc(Br)c2)o1.